The van der Waals surface area contributed by atoms with E-state index < -0.39 is 5.60 Å². The van der Waals surface area contributed by atoms with Crippen LogP contribution in [0.25, 0.3) is 0 Å². The summed E-state index contributed by atoms with van der Waals surface area (Å²) >= 11 is 1.34. The Morgan fingerprint density at radius 3 is 2.47 bits per heavy atom. The minimum absolute atomic E-state index is 0.0581. The zero-order chi connectivity index (χ0) is 14.5. The van der Waals surface area contributed by atoms with E-state index in [1.165, 1.54) is 11.3 Å². The van der Waals surface area contributed by atoms with Gasteiger partial charge in [-0.2, -0.15) is 0 Å². The molecule has 1 amide bonds. The molecule has 0 aliphatic carbocycles. The minimum atomic E-state index is -0.525. The number of hydrogen-bond donors (Lipinski definition) is 1. The molecular weight excluding hydrogens is 266 g/mol. The first-order chi connectivity index (χ1) is 8.80. The third-order valence-corrected chi connectivity index (χ3v) is 2.97. The summed E-state index contributed by atoms with van der Waals surface area (Å²) in [6.45, 7) is 7.34. The SMILES string of the molecule is CCc1nnc(NC(=O)CCC(=O)OC(C)(C)C)s1. The van der Waals surface area contributed by atoms with Crippen LogP contribution in [0.15, 0.2) is 0 Å². The van der Waals surface area contributed by atoms with Crippen molar-refractivity contribution in [2.45, 2.75) is 52.6 Å². The van der Waals surface area contributed by atoms with E-state index in [0.29, 0.717) is 5.13 Å². The maximum Gasteiger partial charge on any atom is 0.306 e. The van der Waals surface area contributed by atoms with E-state index in [0.717, 1.165) is 11.4 Å². The summed E-state index contributed by atoms with van der Waals surface area (Å²) in [4.78, 5) is 23.0. The van der Waals surface area contributed by atoms with E-state index >= 15 is 0 Å². The number of aryl methyl sites for hydroxylation is 1. The molecule has 1 N–H and O–H groups in total. The Kier molecular flexibility index (Phi) is 5.41. The quantitative estimate of drug-likeness (QED) is 0.838. The Bertz CT molecular complexity index is 451. The molecular formula is C12H19N3O3S. The molecule has 1 heterocycles. The number of carbonyl (C=O) groups is 2. The number of anilines is 1. The van der Waals surface area contributed by atoms with Gasteiger partial charge in [-0.05, 0) is 27.2 Å². The van der Waals surface area contributed by atoms with Crippen molar-refractivity contribution in [3.8, 4) is 0 Å². The van der Waals surface area contributed by atoms with Crippen molar-refractivity contribution in [2.24, 2.45) is 0 Å². The van der Waals surface area contributed by atoms with E-state index in [1.807, 2.05) is 6.92 Å². The van der Waals surface area contributed by atoms with Crippen LogP contribution in [-0.4, -0.2) is 27.7 Å². The minimum Gasteiger partial charge on any atom is -0.460 e. The fraction of sp³-hybridized carbons (Fsp3) is 0.667. The highest BCUT2D eigenvalue weighted by Crippen LogP contribution is 2.16. The van der Waals surface area contributed by atoms with Gasteiger partial charge in [-0.15, -0.1) is 10.2 Å². The summed E-state index contributed by atoms with van der Waals surface area (Å²) < 4.78 is 5.12. The van der Waals surface area contributed by atoms with E-state index in [1.54, 1.807) is 20.8 Å². The Balaban J connectivity index is 2.34. The fourth-order valence-electron chi connectivity index (χ4n) is 1.24. The number of rotatable bonds is 5. The zero-order valence-electron chi connectivity index (χ0n) is 11.6. The summed E-state index contributed by atoms with van der Waals surface area (Å²) in [5.74, 6) is -0.640. The first-order valence-electron chi connectivity index (χ1n) is 6.14. The molecule has 1 aromatic rings. The fourth-order valence-corrected chi connectivity index (χ4v) is 1.93. The van der Waals surface area contributed by atoms with Crippen molar-refractivity contribution in [2.75, 3.05) is 5.32 Å². The van der Waals surface area contributed by atoms with Crippen LogP contribution in [0.2, 0.25) is 0 Å². The van der Waals surface area contributed by atoms with Crippen LogP contribution in [0.1, 0.15) is 45.5 Å². The van der Waals surface area contributed by atoms with Crippen LogP contribution in [0.4, 0.5) is 5.13 Å². The Hall–Kier alpha value is -1.50. The molecule has 1 aromatic heterocycles. The summed E-state index contributed by atoms with van der Waals surface area (Å²) in [7, 11) is 0. The van der Waals surface area contributed by atoms with Crippen LogP contribution < -0.4 is 5.32 Å². The average Bonchev–Trinajstić information content (AvgIpc) is 2.72. The van der Waals surface area contributed by atoms with Gasteiger partial charge >= 0.3 is 5.97 Å². The van der Waals surface area contributed by atoms with Gasteiger partial charge in [0.1, 0.15) is 10.6 Å². The second-order valence-corrected chi connectivity index (χ2v) is 6.05. The van der Waals surface area contributed by atoms with Gasteiger partial charge in [0.25, 0.3) is 0 Å². The highest BCUT2D eigenvalue weighted by atomic mass is 32.1. The lowest BCUT2D eigenvalue weighted by molar-refractivity contribution is -0.155. The van der Waals surface area contributed by atoms with Crippen LogP contribution in [0.3, 0.4) is 0 Å². The van der Waals surface area contributed by atoms with Gasteiger partial charge in [0.15, 0.2) is 0 Å². The lowest BCUT2D eigenvalue weighted by Gasteiger charge is -2.19. The highest BCUT2D eigenvalue weighted by molar-refractivity contribution is 7.15. The third-order valence-electron chi connectivity index (χ3n) is 1.99. The van der Waals surface area contributed by atoms with Crippen molar-refractivity contribution in [1.29, 1.82) is 0 Å². The van der Waals surface area contributed by atoms with E-state index in [4.69, 9.17) is 4.74 Å². The second kappa shape index (κ2) is 6.60. The van der Waals surface area contributed by atoms with Crippen molar-refractivity contribution >= 4 is 28.3 Å². The number of hydrogen-bond acceptors (Lipinski definition) is 6. The van der Waals surface area contributed by atoms with Gasteiger partial charge < -0.3 is 10.1 Å². The largest absolute Gasteiger partial charge is 0.460 e. The van der Waals surface area contributed by atoms with Crippen molar-refractivity contribution in [3.05, 3.63) is 5.01 Å². The molecule has 0 atom stereocenters. The third kappa shape index (κ3) is 6.28. The lowest BCUT2D eigenvalue weighted by atomic mass is 10.2. The summed E-state index contributed by atoms with van der Waals surface area (Å²) in [6.07, 6.45) is 0.921. The van der Waals surface area contributed by atoms with E-state index in [9.17, 15) is 9.59 Å². The summed E-state index contributed by atoms with van der Waals surface area (Å²) in [5, 5.41) is 11.7. The molecule has 106 valence electrons. The molecule has 0 radical (unpaired) electrons. The van der Waals surface area contributed by atoms with Gasteiger partial charge in [0.05, 0.1) is 6.42 Å². The van der Waals surface area contributed by atoms with Crippen molar-refractivity contribution in [3.63, 3.8) is 0 Å². The Labute approximate surface area is 116 Å². The van der Waals surface area contributed by atoms with E-state index in [2.05, 4.69) is 15.5 Å². The van der Waals surface area contributed by atoms with Crippen molar-refractivity contribution in [1.82, 2.24) is 10.2 Å². The molecule has 0 aliphatic heterocycles. The first kappa shape index (κ1) is 15.6. The average molecular weight is 285 g/mol. The number of carbonyl (C=O) groups excluding carboxylic acids is 2. The van der Waals surface area contributed by atoms with Gasteiger partial charge in [-0.3, -0.25) is 9.59 Å². The summed E-state index contributed by atoms with van der Waals surface area (Å²) in [6, 6.07) is 0. The maximum atomic E-state index is 11.6. The molecule has 0 bridgehead atoms. The lowest BCUT2D eigenvalue weighted by Crippen LogP contribution is -2.24. The number of aromatic nitrogens is 2. The highest BCUT2D eigenvalue weighted by Gasteiger charge is 2.17. The Morgan fingerprint density at radius 2 is 1.95 bits per heavy atom. The van der Waals surface area contributed by atoms with Gasteiger partial charge in [-0.25, -0.2) is 0 Å². The standard InChI is InChI=1S/C12H19N3O3S/c1-5-9-14-15-11(19-9)13-8(16)6-7-10(17)18-12(2,3)4/h5-7H2,1-4H3,(H,13,15,16). The molecule has 1 rings (SSSR count). The van der Waals surface area contributed by atoms with Crippen LogP contribution >= 0.6 is 11.3 Å². The molecule has 6 nitrogen and oxygen atoms in total. The van der Waals surface area contributed by atoms with Crippen LogP contribution in [-0.2, 0) is 20.7 Å². The smallest absolute Gasteiger partial charge is 0.306 e. The molecule has 0 aliphatic rings. The monoisotopic (exact) mass is 285 g/mol. The summed E-state index contributed by atoms with van der Waals surface area (Å²) in [5.41, 5.74) is -0.525. The van der Waals surface area contributed by atoms with Crippen LogP contribution in [0, 0.1) is 0 Å². The molecule has 0 saturated carbocycles. The van der Waals surface area contributed by atoms with Gasteiger partial charge in [-0.1, -0.05) is 18.3 Å². The van der Waals surface area contributed by atoms with E-state index in [-0.39, 0.29) is 24.7 Å². The number of nitrogens with one attached hydrogen (secondary N) is 1. The van der Waals surface area contributed by atoms with Gasteiger partial charge in [0, 0.05) is 6.42 Å². The number of esters is 1. The molecule has 0 aromatic carbocycles. The second-order valence-electron chi connectivity index (χ2n) is 4.99. The number of ether oxygens (including phenoxy) is 1. The van der Waals surface area contributed by atoms with Crippen molar-refractivity contribution < 1.29 is 14.3 Å². The molecule has 19 heavy (non-hydrogen) atoms. The van der Waals surface area contributed by atoms with Gasteiger partial charge in [0.2, 0.25) is 11.0 Å². The number of amides is 1. The van der Waals surface area contributed by atoms with Crippen LogP contribution in [0.5, 0.6) is 0 Å². The topological polar surface area (TPSA) is 81.2 Å². The molecule has 0 saturated heterocycles. The molecule has 0 spiro atoms. The predicted molar refractivity (Wildman–Crippen MR) is 73.0 cm³/mol. The zero-order valence-corrected chi connectivity index (χ0v) is 12.5. The Morgan fingerprint density at radius 1 is 1.26 bits per heavy atom. The first-order valence-corrected chi connectivity index (χ1v) is 6.96. The molecule has 0 fully saturated rings. The number of nitrogens with zero attached hydrogens (tertiary/aromatic N) is 2. The predicted octanol–water partition coefficient (Wildman–Crippen LogP) is 2.16. The molecule has 7 heteroatoms. The normalized spacial score (nSPS) is 11.2. The maximum absolute atomic E-state index is 11.6. The molecule has 0 unspecified atom stereocenters.